The Morgan fingerprint density at radius 1 is 0.923 bits per heavy atom. The predicted octanol–water partition coefficient (Wildman–Crippen LogP) is 6.03. The van der Waals surface area contributed by atoms with E-state index in [2.05, 4.69) is 31.2 Å². The fraction of sp³-hybridized carbons (Fsp3) is 0.292. The molecule has 0 saturated heterocycles. The highest BCUT2D eigenvalue weighted by Crippen LogP contribution is 2.56. The molecule has 3 aromatic carbocycles. The molecule has 1 spiro atoms. The number of Topliss-reactive ketones (excluding diaryl/α,β-unsaturated/α-hetero) is 1. The summed E-state index contributed by atoms with van der Waals surface area (Å²) in [7, 11) is 0. The average Bonchev–Trinajstić information content (AvgIpc) is 3.17. The van der Waals surface area contributed by atoms with Gasteiger partial charge in [-0.3, -0.25) is 4.79 Å². The lowest BCUT2D eigenvalue weighted by Crippen LogP contribution is -2.41. The largest absolute Gasteiger partial charge is 0.483 e. The smallest absolute Gasteiger partial charge is 0.176 e. The monoisotopic (exact) mass is 342 g/mol. The van der Waals surface area contributed by atoms with Gasteiger partial charge in [0.2, 0.25) is 0 Å². The maximum absolute atomic E-state index is 13.7. The zero-order chi connectivity index (χ0) is 17.7. The topological polar surface area (TPSA) is 26.3 Å². The lowest BCUT2D eigenvalue weighted by atomic mass is 9.69. The van der Waals surface area contributed by atoms with Crippen LogP contribution < -0.4 is 4.74 Å². The molecule has 1 saturated carbocycles. The first-order valence-electron chi connectivity index (χ1n) is 9.49. The minimum Gasteiger partial charge on any atom is -0.483 e. The third-order valence-electron chi connectivity index (χ3n) is 6.23. The van der Waals surface area contributed by atoms with Crippen molar-refractivity contribution >= 4 is 16.6 Å². The van der Waals surface area contributed by atoms with Crippen molar-refractivity contribution in [3.8, 4) is 5.75 Å². The molecule has 0 bridgehead atoms. The number of hydrogen-bond donors (Lipinski definition) is 0. The van der Waals surface area contributed by atoms with E-state index in [1.165, 1.54) is 0 Å². The van der Waals surface area contributed by atoms with E-state index in [0.29, 0.717) is 0 Å². The number of aryl methyl sites for hydroxylation is 1. The lowest BCUT2D eigenvalue weighted by molar-refractivity contribution is 0.0276. The van der Waals surface area contributed by atoms with Crippen LogP contribution in [0.5, 0.6) is 5.75 Å². The second kappa shape index (κ2) is 5.70. The first-order valence-corrected chi connectivity index (χ1v) is 9.49. The van der Waals surface area contributed by atoms with E-state index >= 15 is 0 Å². The summed E-state index contributed by atoms with van der Waals surface area (Å²) in [5.74, 6) is 1.04. The number of ketones is 1. The molecular formula is C24H22O2. The summed E-state index contributed by atoms with van der Waals surface area (Å²) in [5, 5.41) is 2.21. The van der Waals surface area contributed by atoms with Gasteiger partial charge in [0.1, 0.15) is 11.9 Å². The van der Waals surface area contributed by atoms with Crippen molar-refractivity contribution in [1.82, 2.24) is 0 Å². The van der Waals surface area contributed by atoms with Crippen LogP contribution in [-0.2, 0) is 0 Å². The lowest BCUT2D eigenvalue weighted by Gasteiger charge is -2.41. The molecule has 0 N–H and O–H groups in total. The molecular weight excluding hydrogens is 320 g/mol. The average molecular weight is 342 g/mol. The summed E-state index contributed by atoms with van der Waals surface area (Å²) in [5.41, 5.74) is 2.61. The number of fused-ring (bicyclic) bond motifs is 3. The molecule has 1 atom stereocenters. The third kappa shape index (κ3) is 2.08. The Morgan fingerprint density at radius 2 is 1.58 bits per heavy atom. The van der Waals surface area contributed by atoms with Gasteiger partial charge in [-0.15, -0.1) is 0 Å². The Morgan fingerprint density at radius 3 is 2.31 bits per heavy atom. The van der Waals surface area contributed by atoms with Crippen LogP contribution in [0.3, 0.4) is 0 Å². The van der Waals surface area contributed by atoms with Crippen molar-refractivity contribution < 1.29 is 9.53 Å². The number of rotatable bonds is 1. The van der Waals surface area contributed by atoms with Crippen LogP contribution in [0, 0.1) is 12.3 Å². The van der Waals surface area contributed by atoms with E-state index in [4.69, 9.17) is 4.74 Å². The molecule has 130 valence electrons. The number of carbonyl (C=O) groups is 1. The molecule has 3 aromatic rings. The van der Waals surface area contributed by atoms with E-state index in [9.17, 15) is 4.79 Å². The molecule has 0 aromatic heterocycles. The maximum atomic E-state index is 13.7. The van der Waals surface area contributed by atoms with Gasteiger partial charge in [0.25, 0.3) is 0 Å². The maximum Gasteiger partial charge on any atom is 0.176 e. The summed E-state index contributed by atoms with van der Waals surface area (Å²) in [4.78, 5) is 13.7. The summed E-state index contributed by atoms with van der Waals surface area (Å²) in [6.45, 7) is 2.08. The molecule has 0 radical (unpaired) electrons. The number of benzene rings is 3. The highest BCUT2D eigenvalue weighted by atomic mass is 16.5. The van der Waals surface area contributed by atoms with Gasteiger partial charge in [0.05, 0.1) is 11.0 Å². The van der Waals surface area contributed by atoms with Gasteiger partial charge in [-0.05, 0) is 42.3 Å². The quantitative estimate of drug-likeness (QED) is 0.540. The second-order valence-electron chi connectivity index (χ2n) is 7.72. The molecule has 0 amide bonds. The number of hydrogen-bond acceptors (Lipinski definition) is 2. The SMILES string of the molecule is Cc1cc2c(c3ccccc13)O[C@@H](c1ccccc1)C1(CCCC1)C2=O. The fourth-order valence-electron chi connectivity index (χ4n) is 4.95. The Hall–Kier alpha value is -2.61. The highest BCUT2D eigenvalue weighted by molar-refractivity contribution is 6.10. The van der Waals surface area contributed by atoms with E-state index < -0.39 is 5.41 Å². The van der Waals surface area contributed by atoms with E-state index in [1.807, 2.05) is 36.4 Å². The Kier molecular flexibility index (Phi) is 3.43. The highest BCUT2D eigenvalue weighted by Gasteiger charge is 2.53. The predicted molar refractivity (Wildman–Crippen MR) is 104 cm³/mol. The molecule has 0 unspecified atom stereocenters. The van der Waals surface area contributed by atoms with Crippen LogP contribution >= 0.6 is 0 Å². The van der Waals surface area contributed by atoms with Gasteiger partial charge in [0, 0.05) is 5.39 Å². The van der Waals surface area contributed by atoms with Crippen LogP contribution in [-0.4, -0.2) is 5.78 Å². The minimum absolute atomic E-state index is 0.197. The third-order valence-corrected chi connectivity index (χ3v) is 6.23. The molecule has 5 rings (SSSR count). The minimum atomic E-state index is -0.413. The normalized spacial score (nSPS) is 21.0. The van der Waals surface area contributed by atoms with Crippen molar-refractivity contribution in [3.05, 3.63) is 77.4 Å². The van der Waals surface area contributed by atoms with Crippen molar-refractivity contribution in [3.63, 3.8) is 0 Å². The Bertz CT molecular complexity index is 997. The van der Waals surface area contributed by atoms with Crippen LogP contribution in [0.15, 0.2) is 60.7 Å². The van der Waals surface area contributed by atoms with E-state index in [0.717, 1.165) is 58.9 Å². The van der Waals surface area contributed by atoms with Gasteiger partial charge >= 0.3 is 0 Å². The van der Waals surface area contributed by atoms with Crippen LogP contribution in [0.1, 0.15) is 53.3 Å². The van der Waals surface area contributed by atoms with Gasteiger partial charge < -0.3 is 4.74 Å². The molecule has 1 aliphatic heterocycles. The van der Waals surface area contributed by atoms with E-state index in [-0.39, 0.29) is 11.9 Å². The molecule has 2 aliphatic rings. The molecule has 1 aliphatic carbocycles. The summed E-state index contributed by atoms with van der Waals surface area (Å²) >= 11 is 0. The molecule has 2 nitrogen and oxygen atoms in total. The molecule has 1 fully saturated rings. The van der Waals surface area contributed by atoms with Crippen LogP contribution in [0.4, 0.5) is 0 Å². The molecule has 1 heterocycles. The standard InChI is InChI=1S/C24H22O2/c1-16-15-20-21(19-12-6-5-11-18(16)19)26-23(17-9-3-2-4-10-17)24(22(20)25)13-7-8-14-24/h2-6,9-12,15,23H,7-8,13-14H2,1H3/t23-/m0/s1. The second-order valence-corrected chi connectivity index (χ2v) is 7.72. The summed E-state index contributed by atoms with van der Waals surface area (Å²) < 4.78 is 6.67. The van der Waals surface area contributed by atoms with Crippen molar-refractivity contribution in [2.45, 2.75) is 38.7 Å². The van der Waals surface area contributed by atoms with Crippen LogP contribution in [0.25, 0.3) is 10.8 Å². The Balaban J connectivity index is 1.78. The van der Waals surface area contributed by atoms with Gasteiger partial charge in [-0.1, -0.05) is 67.4 Å². The van der Waals surface area contributed by atoms with Gasteiger partial charge in [0.15, 0.2) is 5.78 Å². The van der Waals surface area contributed by atoms with Crippen molar-refractivity contribution in [2.24, 2.45) is 5.41 Å². The van der Waals surface area contributed by atoms with Crippen molar-refractivity contribution in [1.29, 1.82) is 0 Å². The molecule has 2 heteroatoms. The summed E-state index contributed by atoms with van der Waals surface area (Å²) in [6, 6.07) is 20.6. The number of carbonyl (C=O) groups excluding carboxylic acids is 1. The van der Waals surface area contributed by atoms with Gasteiger partial charge in [-0.2, -0.15) is 0 Å². The first kappa shape index (κ1) is 15.6. The van der Waals surface area contributed by atoms with Crippen molar-refractivity contribution in [2.75, 3.05) is 0 Å². The Labute approximate surface area is 153 Å². The number of ether oxygens (including phenoxy) is 1. The zero-order valence-corrected chi connectivity index (χ0v) is 15.0. The summed E-state index contributed by atoms with van der Waals surface area (Å²) in [6.07, 6.45) is 3.82. The zero-order valence-electron chi connectivity index (χ0n) is 15.0. The molecule has 26 heavy (non-hydrogen) atoms. The van der Waals surface area contributed by atoms with Gasteiger partial charge in [-0.25, -0.2) is 0 Å². The first-order chi connectivity index (χ1) is 12.7. The van der Waals surface area contributed by atoms with E-state index in [1.54, 1.807) is 0 Å². The van der Waals surface area contributed by atoms with Crippen LogP contribution in [0.2, 0.25) is 0 Å². The fourth-order valence-corrected chi connectivity index (χ4v) is 4.95.